The molecule has 0 N–H and O–H groups in total. The Morgan fingerprint density at radius 3 is 2.58 bits per heavy atom. The largest absolute Gasteiger partial charge is 0.497 e. The summed E-state index contributed by atoms with van der Waals surface area (Å²) in [5.74, 6) is 0.452. The molecule has 6 nitrogen and oxygen atoms in total. The standard InChI is InChI=1S/C11H12ClN3O3S/c1-18-11-4-2-9(3-5-11)6-15-7-10(13-14-15)8-19(12,16)17/h2-5,7H,6,8H2,1H3. The van der Waals surface area contributed by atoms with E-state index in [0.29, 0.717) is 12.2 Å². The van der Waals surface area contributed by atoms with Crippen LogP contribution in [0.3, 0.4) is 0 Å². The van der Waals surface area contributed by atoms with Crippen LogP contribution in [-0.2, 0) is 21.3 Å². The molecule has 2 rings (SSSR count). The second-order valence-corrected chi connectivity index (χ2v) is 6.72. The second-order valence-electron chi connectivity index (χ2n) is 3.94. The van der Waals surface area contributed by atoms with Crippen LogP contribution in [0.1, 0.15) is 11.3 Å². The van der Waals surface area contributed by atoms with Gasteiger partial charge in [-0.25, -0.2) is 13.1 Å². The molecule has 102 valence electrons. The molecule has 8 heteroatoms. The van der Waals surface area contributed by atoms with Crippen LogP contribution < -0.4 is 4.74 Å². The SMILES string of the molecule is COc1ccc(Cn2cc(CS(=O)(=O)Cl)nn2)cc1. The zero-order chi connectivity index (χ0) is 13.9. The van der Waals surface area contributed by atoms with Gasteiger partial charge in [0.2, 0.25) is 9.05 Å². The summed E-state index contributed by atoms with van der Waals surface area (Å²) in [6.45, 7) is 0.499. The number of halogens is 1. The maximum absolute atomic E-state index is 10.9. The van der Waals surface area contributed by atoms with Gasteiger partial charge in [0.25, 0.3) is 0 Å². The van der Waals surface area contributed by atoms with E-state index < -0.39 is 9.05 Å². The molecule has 0 radical (unpaired) electrons. The van der Waals surface area contributed by atoms with E-state index in [1.54, 1.807) is 18.0 Å². The van der Waals surface area contributed by atoms with Gasteiger partial charge in [-0.05, 0) is 17.7 Å². The average Bonchev–Trinajstić information content (AvgIpc) is 2.75. The highest BCUT2D eigenvalue weighted by Gasteiger charge is 2.10. The molecule has 1 heterocycles. The van der Waals surface area contributed by atoms with Gasteiger partial charge in [-0.1, -0.05) is 17.3 Å². The van der Waals surface area contributed by atoms with Crippen molar-refractivity contribution in [3.8, 4) is 5.75 Å². The van der Waals surface area contributed by atoms with Crippen molar-refractivity contribution in [3.05, 3.63) is 41.7 Å². The van der Waals surface area contributed by atoms with Crippen molar-refractivity contribution >= 4 is 19.7 Å². The number of benzene rings is 1. The van der Waals surface area contributed by atoms with E-state index in [1.165, 1.54) is 0 Å². The lowest BCUT2D eigenvalue weighted by atomic mass is 10.2. The van der Waals surface area contributed by atoms with Crippen LogP contribution in [0.4, 0.5) is 0 Å². The van der Waals surface area contributed by atoms with Gasteiger partial charge in [0, 0.05) is 16.9 Å². The van der Waals surface area contributed by atoms with Gasteiger partial charge in [-0.15, -0.1) is 5.10 Å². The highest BCUT2D eigenvalue weighted by atomic mass is 35.7. The second kappa shape index (κ2) is 5.58. The van der Waals surface area contributed by atoms with E-state index in [9.17, 15) is 8.42 Å². The molecule has 1 aromatic heterocycles. The Hall–Kier alpha value is -1.60. The Kier molecular flexibility index (Phi) is 4.06. The summed E-state index contributed by atoms with van der Waals surface area (Å²) in [5.41, 5.74) is 1.33. The Balaban J connectivity index is 2.06. The third-order valence-electron chi connectivity index (χ3n) is 2.41. The normalized spacial score (nSPS) is 11.5. The van der Waals surface area contributed by atoms with E-state index in [0.717, 1.165) is 11.3 Å². The Labute approximate surface area is 115 Å². The van der Waals surface area contributed by atoms with Gasteiger partial charge in [0.15, 0.2) is 0 Å². The molecule has 0 saturated carbocycles. The average molecular weight is 302 g/mol. The van der Waals surface area contributed by atoms with Crippen molar-refractivity contribution in [2.45, 2.75) is 12.3 Å². The highest BCUT2D eigenvalue weighted by molar-refractivity contribution is 8.13. The number of nitrogens with zero attached hydrogens (tertiary/aromatic N) is 3. The molecule has 1 aromatic carbocycles. The van der Waals surface area contributed by atoms with E-state index >= 15 is 0 Å². The predicted octanol–water partition coefficient (Wildman–Crippen LogP) is 1.40. The Morgan fingerprint density at radius 1 is 1.32 bits per heavy atom. The van der Waals surface area contributed by atoms with E-state index in [4.69, 9.17) is 15.4 Å². The zero-order valence-electron chi connectivity index (χ0n) is 10.2. The fourth-order valence-electron chi connectivity index (χ4n) is 1.58. The summed E-state index contributed by atoms with van der Waals surface area (Å²) < 4.78 is 28.4. The molecule has 2 aromatic rings. The maximum atomic E-state index is 10.9. The fourth-order valence-corrected chi connectivity index (χ4v) is 2.40. The summed E-state index contributed by atoms with van der Waals surface area (Å²) >= 11 is 0. The minimum atomic E-state index is -3.61. The van der Waals surface area contributed by atoms with Gasteiger partial charge in [0.05, 0.1) is 19.3 Å². The van der Waals surface area contributed by atoms with Crippen LogP contribution in [0.2, 0.25) is 0 Å². The predicted molar refractivity (Wildman–Crippen MR) is 70.6 cm³/mol. The number of hydrogen-bond donors (Lipinski definition) is 0. The molecule has 0 saturated heterocycles. The van der Waals surface area contributed by atoms with E-state index in [-0.39, 0.29) is 5.75 Å². The molecule has 0 unspecified atom stereocenters. The molecule has 0 atom stereocenters. The summed E-state index contributed by atoms with van der Waals surface area (Å²) in [6.07, 6.45) is 1.56. The van der Waals surface area contributed by atoms with E-state index in [1.807, 2.05) is 24.3 Å². The number of rotatable bonds is 5. The van der Waals surface area contributed by atoms with Crippen molar-refractivity contribution in [1.82, 2.24) is 15.0 Å². The summed E-state index contributed by atoms with van der Waals surface area (Å²) in [4.78, 5) is 0. The fraction of sp³-hybridized carbons (Fsp3) is 0.273. The molecule has 0 aliphatic heterocycles. The summed E-state index contributed by atoms with van der Waals surface area (Å²) in [6, 6.07) is 7.49. The van der Waals surface area contributed by atoms with Crippen LogP contribution >= 0.6 is 10.7 Å². The molecular formula is C11H12ClN3O3S. The molecule has 0 fully saturated rings. The highest BCUT2D eigenvalue weighted by Crippen LogP contribution is 2.12. The van der Waals surface area contributed by atoms with Crippen LogP contribution in [0.5, 0.6) is 5.75 Å². The lowest BCUT2D eigenvalue weighted by molar-refractivity contribution is 0.414. The summed E-state index contributed by atoms with van der Waals surface area (Å²) in [7, 11) is 3.15. The molecule has 0 spiro atoms. The first-order valence-electron chi connectivity index (χ1n) is 5.40. The Bertz CT molecular complexity index is 652. The molecule has 0 aliphatic rings. The van der Waals surface area contributed by atoms with Gasteiger partial charge >= 0.3 is 0 Å². The minimum Gasteiger partial charge on any atom is -0.497 e. The number of ether oxygens (including phenoxy) is 1. The summed E-state index contributed by atoms with van der Waals surface area (Å²) in [5, 5.41) is 7.61. The van der Waals surface area contributed by atoms with Crippen molar-refractivity contribution < 1.29 is 13.2 Å². The van der Waals surface area contributed by atoms with E-state index in [2.05, 4.69) is 10.3 Å². The third kappa shape index (κ3) is 4.22. The van der Waals surface area contributed by atoms with Gasteiger partial charge in [0.1, 0.15) is 11.5 Å². The molecule has 0 amide bonds. The number of aromatic nitrogens is 3. The number of hydrogen-bond acceptors (Lipinski definition) is 5. The van der Waals surface area contributed by atoms with Crippen LogP contribution in [0.15, 0.2) is 30.5 Å². The van der Waals surface area contributed by atoms with Crippen LogP contribution in [0, 0.1) is 0 Å². The maximum Gasteiger partial charge on any atom is 0.238 e. The lowest BCUT2D eigenvalue weighted by Gasteiger charge is -2.02. The first-order chi connectivity index (χ1) is 8.96. The zero-order valence-corrected chi connectivity index (χ0v) is 11.7. The Morgan fingerprint density at radius 2 is 2.00 bits per heavy atom. The topological polar surface area (TPSA) is 74.1 Å². The minimum absolute atomic E-state index is 0.322. The van der Waals surface area contributed by atoms with Crippen molar-refractivity contribution in [3.63, 3.8) is 0 Å². The van der Waals surface area contributed by atoms with Gasteiger partial charge in [-0.2, -0.15) is 0 Å². The monoisotopic (exact) mass is 301 g/mol. The quantitative estimate of drug-likeness (QED) is 0.781. The van der Waals surface area contributed by atoms with Gasteiger partial charge < -0.3 is 4.74 Å². The molecule has 19 heavy (non-hydrogen) atoms. The first-order valence-corrected chi connectivity index (χ1v) is 7.88. The smallest absolute Gasteiger partial charge is 0.238 e. The van der Waals surface area contributed by atoms with Crippen LogP contribution in [0.25, 0.3) is 0 Å². The molecule has 0 bridgehead atoms. The van der Waals surface area contributed by atoms with Crippen molar-refractivity contribution in [2.75, 3.05) is 7.11 Å². The van der Waals surface area contributed by atoms with Crippen LogP contribution in [-0.4, -0.2) is 30.5 Å². The van der Waals surface area contributed by atoms with Crippen molar-refractivity contribution in [2.24, 2.45) is 0 Å². The number of methoxy groups -OCH3 is 1. The van der Waals surface area contributed by atoms with Crippen molar-refractivity contribution in [1.29, 1.82) is 0 Å². The molecule has 0 aliphatic carbocycles. The lowest BCUT2D eigenvalue weighted by Crippen LogP contribution is -2.00. The third-order valence-corrected chi connectivity index (χ3v) is 3.38. The molecular weight excluding hydrogens is 290 g/mol. The first kappa shape index (κ1) is 13.8. The van der Waals surface area contributed by atoms with Gasteiger partial charge in [-0.3, -0.25) is 0 Å².